The van der Waals surface area contributed by atoms with Gasteiger partial charge >= 0.3 is 0 Å². The zero-order chi connectivity index (χ0) is 15.8. The lowest BCUT2D eigenvalue weighted by atomic mass is 10.3. The first-order valence-electron chi connectivity index (χ1n) is 7.70. The van der Waals surface area contributed by atoms with Gasteiger partial charge in [0.2, 0.25) is 5.91 Å². The van der Waals surface area contributed by atoms with Crippen molar-refractivity contribution in [3.05, 3.63) is 24.3 Å². The Kier molecular flexibility index (Phi) is 8.43. The molecule has 0 bridgehead atoms. The topological polar surface area (TPSA) is 84.7 Å². The van der Waals surface area contributed by atoms with Crippen molar-refractivity contribution in [1.29, 1.82) is 0 Å². The van der Waals surface area contributed by atoms with Gasteiger partial charge in [0.15, 0.2) is 6.61 Å². The fourth-order valence-corrected chi connectivity index (χ4v) is 2.34. The molecule has 23 heavy (non-hydrogen) atoms. The van der Waals surface area contributed by atoms with Gasteiger partial charge in [-0.15, -0.1) is 12.4 Å². The van der Waals surface area contributed by atoms with Gasteiger partial charge in [0, 0.05) is 25.2 Å². The van der Waals surface area contributed by atoms with Crippen molar-refractivity contribution < 1.29 is 14.3 Å². The van der Waals surface area contributed by atoms with Crippen LogP contribution in [0.2, 0.25) is 0 Å². The fourth-order valence-electron chi connectivity index (χ4n) is 2.34. The summed E-state index contributed by atoms with van der Waals surface area (Å²) in [5.41, 5.74) is 6.26. The first-order valence-corrected chi connectivity index (χ1v) is 7.70. The second-order valence-corrected chi connectivity index (χ2v) is 5.28. The summed E-state index contributed by atoms with van der Waals surface area (Å²) in [6.07, 6.45) is 3.29. The van der Waals surface area contributed by atoms with Crippen LogP contribution in [0, 0.1) is 0 Å². The van der Waals surface area contributed by atoms with Gasteiger partial charge in [0.1, 0.15) is 5.75 Å². The number of ether oxygens (including phenoxy) is 1. The second kappa shape index (κ2) is 10.1. The molecule has 0 aliphatic carbocycles. The third-order valence-corrected chi connectivity index (χ3v) is 3.54. The van der Waals surface area contributed by atoms with E-state index in [0.717, 1.165) is 31.5 Å². The van der Waals surface area contributed by atoms with Crippen molar-refractivity contribution in [1.82, 2.24) is 5.32 Å². The quantitative estimate of drug-likeness (QED) is 0.701. The molecular weight excluding hydrogens is 318 g/mol. The average molecular weight is 342 g/mol. The molecule has 0 saturated carbocycles. The molecule has 1 fully saturated rings. The van der Waals surface area contributed by atoms with E-state index >= 15 is 0 Å². The van der Waals surface area contributed by atoms with Gasteiger partial charge in [-0.2, -0.15) is 0 Å². The summed E-state index contributed by atoms with van der Waals surface area (Å²) < 4.78 is 5.43. The number of anilines is 1. The predicted molar refractivity (Wildman–Crippen MR) is 92.1 cm³/mol. The molecule has 1 aliphatic rings. The third kappa shape index (κ3) is 6.08. The van der Waals surface area contributed by atoms with Crippen LogP contribution in [0.25, 0.3) is 0 Å². The molecule has 1 heterocycles. The average Bonchev–Trinajstić information content (AvgIpc) is 2.96. The standard InChI is InChI=1S/C16H23N3O3.ClH/c17-9-1-2-10-18-15(20)12-22-14-7-5-13(6-8-14)19-11-3-4-16(19)21;/h5-8H,1-4,9-12,17H2,(H,18,20);1H. The zero-order valence-corrected chi connectivity index (χ0v) is 13.9. The van der Waals surface area contributed by atoms with Gasteiger partial charge in [-0.3, -0.25) is 9.59 Å². The Labute approximate surface area is 142 Å². The van der Waals surface area contributed by atoms with E-state index in [1.165, 1.54) is 0 Å². The SMILES string of the molecule is Cl.NCCCCNC(=O)COc1ccc(N2CCCC2=O)cc1. The molecule has 1 aliphatic heterocycles. The monoisotopic (exact) mass is 341 g/mol. The molecule has 3 N–H and O–H groups in total. The Bertz CT molecular complexity index is 508. The summed E-state index contributed by atoms with van der Waals surface area (Å²) in [4.78, 5) is 25.0. The maximum absolute atomic E-state index is 11.7. The molecule has 1 aromatic rings. The molecule has 0 spiro atoms. The zero-order valence-electron chi connectivity index (χ0n) is 13.1. The smallest absolute Gasteiger partial charge is 0.257 e. The first-order chi connectivity index (χ1) is 10.7. The number of hydrogen-bond acceptors (Lipinski definition) is 4. The van der Waals surface area contributed by atoms with Crippen LogP contribution >= 0.6 is 12.4 Å². The molecule has 0 radical (unpaired) electrons. The van der Waals surface area contributed by atoms with Crippen LogP contribution in [0.3, 0.4) is 0 Å². The van der Waals surface area contributed by atoms with Crippen molar-refractivity contribution >= 4 is 29.9 Å². The van der Waals surface area contributed by atoms with Crippen molar-refractivity contribution in [3.8, 4) is 5.75 Å². The normalized spacial score (nSPS) is 13.6. The number of nitrogens with two attached hydrogens (primary N) is 1. The van der Waals surface area contributed by atoms with E-state index in [0.29, 0.717) is 25.3 Å². The van der Waals surface area contributed by atoms with Crippen molar-refractivity contribution in [2.24, 2.45) is 5.73 Å². The molecule has 1 saturated heterocycles. The van der Waals surface area contributed by atoms with E-state index in [-0.39, 0.29) is 30.8 Å². The molecule has 128 valence electrons. The van der Waals surface area contributed by atoms with E-state index in [1.807, 2.05) is 12.1 Å². The van der Waals surface area contributed by atoms with E-state index in [1.54, 1.807) is 17.0 Å². The highest BCUT2D eigenvalue weighted by Crippen LogP contribution is 2.23. The van der Waals surface area contributed by atoms with Crippen LogP contribution in [0.1, 0.15) is 25.7 Å². The predicted octanol–water partition coefficient (Wildman–Crippen LogP) is 1.47. The number of carbonyl (C=O) groups excluding carboxylic acids is 2. The lowest BCUT2D eigenvalue weighted by molar-refractivity contribution is -0.123. The third-order valence-electron chi connectivity index (χ3n) is 3.54. The van der Waals surface area contributed by atoms with Gasteiger partial charge in [0.05, 0.1) is 0 Å². The summed E-state index contributed by atoms with van der Waals surface area (Å²) >= 11 is 0. The van der Waals surface area contributed by atoms with Gasteiger partial charge in [-0.05, 0) is 50.1 Å². The number of halogens is 1. The first kappa shape index (κ1) is 19.3. The lowest BCUT2D eigenvalue weighted by Gasteiger charge is -2.16. The molecule has 0 unspecified atom stereocenters. The summed E-state index contributed by atoms with van der Waals surface area (Å²) in [6, 6.07) is 7.25. The van der Waals surface area contributed by atoms with Crippen LogP contribution in [-0.2, 0) is 9.59 Å². The number of rotatable bonds is 8. The van der Waals surface area contributed by atoms with E-state index in [9.17, 15) is 9.59 Å². The molecule has 6 nitrogen and oxygen atoms in total. The van der Waals surface area contributed by atoms with Crippen LogP contribution in [0.15, 0.2) is 24.3 Å². The summed E-state index contributed by atoms with van der Waals surface area (Å²) in [5, 5.41) is 2.78. The van der Waals surface area contributed by atoms with Crippen molar-refractivity contribution in [2.75, 3.05) is 31.1 Å². The summed E-state index contributed by atoms with van der Waals surface area (Å²) in [7, 11) is 0. The van der Waals surface area contributed by atoms with Gasteiger partial charge in [-0.1, -0.05) is 0 Å². The van der Waals surface area contributed by atoms with Crippen LogP contribution in [0.5, 0.6) is 5.75 Å². The molecule has 0 atom stereocenters. The van der Waals surface area contributed by atoms with E-state index in [4.69, 9.17) is 10.5 Å². The maximum atomic E-state index is 11.7. The number of unbranched alkanes of at least 4 members (excludes halogenated alkanes) is 1. The highest BCUT2D eigenvalue weighted by atomic mass is 35.5. The van der Waals surface area contributed by atoms with Crippen molar-refractivity contribution in [3.63, 3.8) is 0 Å². The van der Waals surface area contributed by atoms with Crippen LogP contribution in [0.4, 0.5) is 5.69 Å². The maximum Gasteiger partial charge on any atom is 0.257 e. The Morgan fingerprint density at radius 3 is 2.61 bits per heavy atom. The van der Waals surface area contributed by atoms with E-state index in [2.05, 4.69) is 5.32 Å². The van der Waals surface area contributed by atoms with Crippen LogP contribution < -0.4 is 20.7 Å². The van der Waals surface area contributed by atoms with E-state index < -0.39 is 0 Å². The van der Waals surface area contributed by atoms with Crippen molar-refractivity contribution in [2.45, 2.75) is 25.7 Å². The lowest BCUT2D eigenvalue weighted by Crippen LogP contribution is -2.30. The molecule has 2 rings (SSSR count). The summed E-state index contributed by atoms with van der Waals surface area (Å²) in [6.45, 7) is 2.02. The number of carbonyl (C=O) groups is 2. The van der Waals surface area contributed by atoms with Gasteiger partial charge in [-0.25, -0.2) is 0 Å². The highest BCUT2D eigenvalue weighted by Gasteiger charge is 2.21. The Balaban J connectivity index is 0.00000264. The molecule has 0 aromatic heterocycles. The number of nitrogens with one attached hydrogen (secondary N) is 1. The Hall–Kier alpha value is -1.79. The minimum absolute atomic E-state index is 0. The molecule has 2 amide bonds. The molecular formula is C16H24ClN3O3. The summed E-state index contributed by atoms with van der Waals surface area (Å²) in [5.74, 6) is 0.633. The minimum atomic E-state index is -0.143. The second-order valence-electron chi connectivity index (χ2n) is 5.28. The number of hydrogen-bond donors (Lipinski definition) is 2. The van der Waals surface area contributed by atoms with Gasteiger partial charge < -0.3 is 20.7 Å². The largest absolute Gasteiger partial charge is 0.484 e. The number of benzene rings is 1. The van der Waals surface area contributed by atoms with Crippen LogP contribution in [-0.4, -0.2) is 38.1 Å². The fraction of sp³-hybridized carbons (Fsp3) is 0.500. The molecule has 1 aromatic carbocycles. The molecule has 7 heteroatoms. The minimum Gasteiger partial charge on any atom is -0.484 e. The Morgan fingerprint density at radius 2 is 2.00 bits per heavy atom. The number of nitrogens with zero attached hydrogens (tertiary/aromatic N) is 1. The Morgan fingerprint density at radius 1 is 1.26 bits per heavy atom. The number of amides is 2. The highest BCUT2D eigenvalue weighted by molar-refractivity contribution is 5.95. The van der Waals surface area contributed by atoms with Gasteiger partial charge in [0.25, 0.3) is 5.91 Å².